The average Bonchev–Trinajstić information content (AvgIpc) is 2.72. The van der Waals surface area contributed by atoms with Crippen molar-refractivity contribution in [1.29, 1.82) is 0 Å². The highest BCUT2D eigenvalue weighted by molar-refractivity contribution is 9.10. The van der Waals surface area contributed by atoms with Gasteiger partial charge in [-0.25, -0.2) is 0 Å². The van der Waals surface area contributed by atoms with Gasteiger partial charge < -0.3 is 9.73 Å². The summed E-state index contributed by atoms with van der Waals surface area (Å²) in [7, 11) is 0. The second-order valence-electron chi connectivity index (χ2n) is 3.35. The van der Waals surface area contributed by atoms with E-state index in [1.165, 1.54) is 12.1 Å². The van der Waals surface area contributed by atoms with Crippen molar-refractivity contribution in [2.75, 3.05) is 5.32 Å². The monoisotopic (exact) mass is 296 g/mol. The van der Waals surface area contributed by atoms with Crippen LogP contribution in [0.15, 0.2) is 45.5 Å². The van der Waals surface area contributed by atoms with Crippen molar-refractivity contribution in [2.24, 2.45) is 0 Å². The molecule has 0 saturated heterocycles. The van der Waals surface area contributed by atoms with Crippen LogP contribution in [0.4, 0.5) is 11.4 Å². The van der Waals surface area contributed by atoms with Gasteiger partial charge in [0.2, 0.25) is 0 Å². The van der Waals surface area contributed by atoms with Gasteiger partial charge in [0.05, 0.1) is 22.2 Å². The lowest BCUT2D eigenvalue weighted by Gasteiger charge is -2.04. The summed E-state index contributed by atoms with van der Waals surface area (Å²) in [6, 6.07) is 8.14. The Labute approximate surface area is 106 Å². The molecule has 5 nitrogen and oxygen atoms in total. The van der Waals surface area contributed by atoms with Crippen LogP contribution in [0.1, 0.15) is 5.76 Å². The Bertz CT molecular complexity index is 539. The van der Waals surface area contributed by atoms with Crippen molar-refractivity contribution in [3.8, 4) is 0 Å². The molecule has 0 aliphatic carbocycles. The number of rotatable bonds is 4. The zero-order valence-electron chi connectivity index (χ0n) is 8.72. The molecule has 1 heterocycles. The number of non-ortho nitro benzene ring substituents is 1. The van der Waals surface area contributed by atoms with Gasteiger partial charge in [-0.1, -0.05) is 6.07 Å². The van der Waals surface area contributed by atoms with Gasteiger partial charge in [-0.3, -0.25) is 10.1 Å². The van der Waals surface area contributed by atoms with Gasteiger partial charge in [0.1, 0.15) is 5.76 Å². The van der Waals surface area contributed by atoms with Crippen molar-refractivity contribution >= 4 is 27.3 Å². The fourth-order valence-electron chi connectivity index (χ4n) is 1.36. The maximum atomic E-state index is 10.6. The fraction of sp³-hybridized carbons (Fsp3) is 0.0909. The summed E-state index contributed by atoms with van der Waals surface area (Å²) in [5.74, 6) is 0.747. The molecule has 0 aliphatic rings. The maximum Gasteiger partial charge on any atom is 0.271 e. The molecule has 0 spiro atoms. The highest BCUT2D eigenvalue weighted by Crippen LogP contribution is 2.21. The molecule has 0 atom stereocenters. The van der Waals surface area contributed by atoms with Crippen molar-refractivity contribution in [2.45, 2.75) is 6.54 Å². The second kappa shape index (κ2) is 5.01. The Balaban J connectivity index is 2.07. The summed E-state index contributed by atoms with van der Waals surface area (Å²) in [4.78, 5) is 10.2. The minimum Gasteiger partial charge on any atom is -0.466 e. The molecule has 0 fully saturated rings. The van der Waals surface area contributed by atoms with E-state index in [-0.39, 0.29) is 5.69 Å². The van der Waals surface area contributed by atoms with Crippen molar-refractivity contribution in [1.82, 2.24) is 0 Å². The number of nitrogens with zero attached hydrogens (tertiary/aromatic N) is 1. The first-order chi connectivity index (χ1) is 8.16. The molecule has 88 valence electrons. The number of halogens is 1. The quantitative estimate of drug-likeness (QED) is 0.692. The lowest BCUT2D eigenvalue weighted by atomic mass is 10.3. The SMILES string of the molecule is O=[N+]([O-])c1cccc(NCc2occc2Br)c1. The number of hydrogen-bond donors (Lipinski definition) is 1. The van der Waals surface area contributed by atoms with E-state index in [4.69, 9.17) is 4.42 Å². The standard InChI is InChI=1S/C11H9BrN2O3/c12-10-4-5-17-11(10)7-13-8-2-1-3-9(6-8)14(15)16/h1-6,13H,7H2. The lowest BCUT2D eigenvalue weighted by Crippen LogP contribution is -1.99. The van der Waals surface area contributed by atoms with Gasteiger partial charge in [-0.05, 0) is 28.1 Å². The molecule has 0 unspecified atom stereocenters. The van der Waals surface area contributed by atoms with E-state index in [0.29, 0.717) is 12.2 Å². The molecule has 1 aromatic heterocycles. The van der Waals surface area contributed by atoms with E-state index < -0.39 is 4.92 Å². The molecule has 0 aliphatic heterocycles. The van der Waals surface area contributed by atoms with Crippen LogP contribution in [-0.2, 0) is 6.54 Å². The van der Waals surface area contributed by atoms with Crippen LogP contribution in [0.25, 0.3) is 0 Å². The smallest absolute Gasteiger partial charge is 0.271 e. The van der Waals surface area contributed by atoms with Crippen LogP contribution in [0.5, 0.6) is 0 Å². The second-order valence-corrected chi connectivity index (χ2v) is 4.21. The molecular formula is C11H9BrN2O3. The Morgan fingerprint density at radius 3 is 2.88 bits per heavy atom. The molecule has 1 aromatic carbocycles. The van der Waals surface area contributed by atoms with Crippen molar-refractivity contribution in [3.05, 3.63) is 56.9 Å². The summed E-state index contributed by atoms with van der Waals surface area (Å²) in [6.45, 7) is 0.467. The molecule has 0 radical (unpaired) electrons. The molecule has 2 rings (SSSR count). The van der Waals surface area contributed by atoms with Crippen LogP contribution >= 0.6 is 15.9 Å². The molecule has 0 bridgehead atoms. The van der Waals surface area contributed by atoms with Gasteiger partial charge in [-0.15, -0.1) is 0 Å². The summed E-state index contributed by atoms with van der Waals surface area (Å²) in [6.07, 6.45) is 1.58. The maximum absolute atomic E-state index is 10.6. The molecule has 1 N–H and O–H groups in total. The van der Waals surface area contributed by atoms with E-state index in [0.717, 1.165) is 10.2 Å². The number of nitro benzene ring substituents is 1. The fourth-order valence-corrected chi connectivity index (χ4v) is 1.70. The van der Waals surface area contributed by atoms with E-state index in [1.807, 2.05) is 0 Å². The van der Waals surface area contributed by atoms with E-state index in [9.17, 15) is 10.1 Å². The Hall–Kier alpha value is -1.82. The predicted octanol–water partition coefficient (Wildman–Crippen LogP) is 3.56. The number of hydrogen-bond acceptors (Lipinski definition) is 4. The summed E-state index contributed by atoms with van der Waals surface area (Å²) >= 11 is 3.34. The number of benzene rings is 1. The molecule has 2 aromatic rings. The first kappa shape index (κ1) is 11.7. The van der Waals surface area contributed by atoms with Crippen LogP contribution in [-0.4, -0.2) is 4.92 Å². The summed E-state index contributed by atoms with van der Waals surface area (Å²) in [5, 5.41) is 13.6. The van der Waals surface area contributed by atoms with Gasteiger partial charge in [-0.2, -0.15) is 0 Å². The first-order valence-electron chi connectivity index (χ1n) is 4.87. The normalized spacial score (nSPS) is 10.2. The summed E-state index contributed by atoms with van der Waals surface area (Å²) in [5.41, 5.74) is 0.746. The van der Waals surface area contributed by atoms with Crippen LogP contribution < -0.4 is 5.32 Å². The zero-order valence-corrected chi connectivity index (χ0v) is 10.3. The summed E-state index contributed by atoms with van der Waals surface area (Å²) < 4.78 is 6.09. The number of furan rings is 1. The van der Waals surface area contributed by atoms with E-state index >= 15 is 0 Å². The van der Waals surface area contributed by atoms with Crippen molar-refractivity contribution in [3.63, 3.8) is 0 Å². The first-order valence-corrected chi connectivity index (χ1v) is 5.66. The van der Waals surface area contributed by atoms with E-state index in [2.05, 4.69) is 21.2 Å². The van der Waals surface area contributed by atoms with Crippen LogP contribution in [0, 0.1) is 10.1 Å². The van der Waals surface area contributed by atoms with Crippen LogP contribution in [0.2, 0.25) is 0 Å². The zero-order chi connectivity index (χ0) is 12.3. The predicted molar refractivity (Wildman–Crippen MR) is 66.8 cm³/mol. The van der Waals surface area contributed by atoms with Crippen LogP contribution in [0.3, 0.4) is 0 Å². The molecule has 0 saturated carbocycles. The third-order valence-corrected chi connectivity index (χ3v) is 2.91. The molecule has 0 amide bonds. The third-order valence-electron chi connectivity index (χ3n) is 2.20. The minimum absolute atomic E-state index is 0.0634. The molecule has 6 heteroatoms. The highest BCUT2D eigenvalue weighted by Gasteiger charge is 2.07. The minimum atomic E-state index is -0.423. The largest absolute Gasteiger partial charge is 0.466 e. The van der Waals surface area contributed by atoms with Gasteiger partial charge in [0, 0.05) is 17.8 Å². The van der Waals surface area contributed by atoms with Gasteiger partial charge >= 0.3 is 0 Å². The Kier molecular flexibility index (Phi) is 3.43. The van der Waals surface area contributed by atoms with Crippen molar-refractivity contribution < 1.29 is 9.34 Å². The topological polar surface area (TPSA) is 68.3 Å². The number of nitro groups is 1. The average molecular weight is 297 g/mol. The number of nitrogens with one attached hydrogen (secondary N) is 1. The lowest BCUT2D eigenvalue weighted by molar-refractivity contribution is -0.384. The molecule has 17 heavy (non-hydrogen) atoms. The third kappa shape index (κ3) is 2.85. The molecular weight excluding hydrogens is 288 g/mol. The van der Waals surface area contributed by atoms with Gasteiger partial charge in [0.15, 0.2) is 0 Å². The van der Waals surface area contributed by atoms with E-state index in [1.54, 1.807) is 24.5 Å². The Morgan fingerprint density at radius 1 is 1.41 bits per heavy atom. The van der Waals surface area contributed by atoms with Gasteiger partial charge in [0.25, 0.3) is 5.69 Å². The number of anilines is 1. The highest BCUT2D eigenvalue weighted by atomic mass is 79.9. The Morgan fingerprint density at radius 2 is 2.24 bits per heavy atom.